The number of para-hydroxylation sites is 2. The molecular weight excluding hydrogens is 727 g/mol. The topological polar surface area (TPSA) is 72.6 Å². The lowest BCUT2D eigenvalue weighted by Gasteiger charge is -2.15. The molecule has 0 spiro atoms. The highest BCUT2D eigenvalue weighted by Crippen LogP contribution is 2.42. The molecule has 2 aromatic heterocycles. The molecule has 0 saturated carbocycles. The highest BCUT2D eigenvalue weighted by molar-refractivity contribution is 6.24. The Hall–Kier alpha value is -7.83. The van der Waals surface area contributed by atoms with Crippen LogP contribution in [-0.2, 0) is 13.0 Å². The Balaban J connectivity index is 1.12. The summed E-state index contributed by atoms with van der Waals surface area (Å²) in [6, 6.07) is 51.3. The molecule has 0 amide bonds. The van der Waals surface area contributed by atoms with Crippen molar-refractivity contribution >= 4 is 62.3 Å². The lowest BCUT2D eigenvalue weighted by Crippen LogP contribution is -2.06. The maximum absolute atomic E-state index is 6.73. The van der Waals surface area contributed by atoms with Crippen LogP contribution in [-0.4, -0.2) is 18.4 Å². The first kappa shape index (κ1) is 35.6. The van der Waals surface area contributed by atoms with Gasteiger partial charge in [-0.05, 0) is 83.9 Å². The van der Waals surface area contributed by atoms with E-state index < -0.39 is 0 Å². The molecular formula is C53H37N3O3. The molecule has 59 heavy (non-hydrogen) atoms. The van der Waals surface area contributed by atoms with Gasteiger partial charge in [0.05, 0.1) is 6.54 Å². The van der Waals surface area contributed by atoms with Crippen molar-refractivity contribution in [2.45, 2.75) is 13.0 Å². The van der Waals surface area contributed by atoms with Gasteiger partial charge in [-0.2, -0.15) is 0 Å². The highest BCUT2D eigenvalue weighted by Gasteiger charge is 2.22. The quantitative estimate of drug-likeness (QED) is 0.125. The van der Waals surface area contributed by atoms with Crippen molar-refractivity contribution < 1.29 is 13.6 Å². The van der Waals surface area contributed by atoms with Crippen molar-refractivity contribution in [3.63, 3.8) is 0 Å². The molecule has 0 N–H and O–H groups in total. The van der Waals surface area contributed by atoms with Gasteiger partial charge in [-0.1, -0.05) is 134 Å². The molecule has 0 radical (unpaired) electrons. The van der Waals surface area contributed by atoms with Crippen LogP contribution in [0.2, 0.25) is 0 Å². The Bertz CT molecular complexity index is 3220. The predicted octanol–water partition coefficient (Wildman–Crippen LogP) is 13.5. The van der Waals surface area contributed by atoms with Gasteiger partial charge in [0.2, 0.25) is 0 Å². The summed E-state index contributed by atoms with van der Waals surface area (Å²) in [6.45, 7) is 8.53. The highest BCUT2D eigenvalue weighted by atomic mass is 16.5. The number of hydrogen-bond acceptors (Lipinski definition) is 4. The minimum atomic E-state index is 0.400. The van der Waals surface area contributed by atoms with Crippen molar-refractivity contribution in [2.75, 3.05) is 0 Å². The van der Waals surface area contributed by atoms with Crippen LogP contribution in [0.15, 0.2) is 212 Å². The first-order valence-corrected chi connectivity index (χ1v) is 19.5. The largest absolute Gasteiger partial charge is 0.458 e. The molecule has 0 unspecified atom stereocenters. The number of allylic oxidation sites excluding steroid dienone is 4. The molecule has 0 saturated heterocycles. The minimum absolute atomic E-state index is 0.400. The van der Waals surface area contributed by atoms with E-state index in [0.717, 1.165) is 88.6 Å². The summed E-state index contributed by atoms with van der Waals surface area (Å²) >= 11 is 0. The van der Waals surface area contributed by atoms with E-state index in [-0.39, 0.29) is 0 Å². The van der Waals surface area contributed by atoms with E-state index in [9.17, 15) is 0 Å². The molecule has 1 aliphatic heterocycles. The summed E-state index contributed by atoms with van der Waals surface area (Å²) < 4.78 is 19.3. The Morgan fingerprint density at radius 1 is 0.610 bits per heavy atom. The number of ether oxygens (including phenoxy) is 1. The van der Waals surface area contributed by atoms with Gasteiger partial charge >= 0.3 is 0 Å². The van der Waals surface area contributed by atoms with Crippen LogP contribution in [0.1, 0.15) is 22.3 Å². The summed E-state index contributed by atoms with van der Waals surface area (Å²) in [7, 11) is 0. The summed E-state index contributed by atoms with van der Waals surface area (Å²) in [5.41, 5.74) is 11.0. The molecule has 7 aromatic carbocycles. The SMILES string of the molecule is C=NC(=NC(=NCc1ccc(-c2ccccc2)cc1)c1ccc2c(c1)oc1ccccc12)c1ccc(-c2cccc3c2C/C=C\C=C/C(=C)O3)c2oc3ccccc3c12. The summed E-state index contributed by atoms with van der Waals surface area (Å²) in [6.07, 6.45) is 8.61. The zero-order chi connectivity index (χ0) is 39.7. The molecule has 6 heteroatoms. The van der Waals surface area contributed by atoms with E-state index in [2.05, 4.69) is 109 Å². The van der Waals surface area contributed by atoms with E-state index >= 15 is 0 Å². The second-order valence-corrected chi connectivity index (χ2v) is 14.4. The Labute approximate surface area is 341 Å². The zero-order valence-electron chi connectivity index (χ0n) is 32.1. The summed E-state index contributed by atoms with van der Waals surface area (Å²) in [5.74, 6) is 2.25. The van der Waals surface area contributed by atoms with Gasteiger partial charge in [-0.3, -0.25) is 4.99 Å². The van der Waals surface area contributed by atoms with E-state index in [1.54, 1.807) is 0 Å². The monoisotopic (exact) mass is 763 g/mol. The van der Waals surface area contributed by atoms with Gasteiger partial charge in [-0.25, -0.2) is 9.98 Å². The first-order valence-electron chi connectivity index (χ1n) is 19.5. The lowest BCUT2D eigenvalue weighted by atomic mass is 9.93. The molecule has 0 atom stereocenters. The van der Waals surface area contributed by atoms with Gasteiger partial charge in [0.15, 0.2) is 11.7 Å². The van der Waals surface area contributed by atoms with Crippen LogP contribution in [0.25, 0.3) is 66.1 Å². The molecule has 282 valence electrons. The second kappa shape index (κ2) is 15.3. The number of fused-ring (bicyclic) bond motifs is 7. The average molecular weight is 764 g/mol. The number of aliphatic imine (C=N–C) groups is 3. The third kappa shape index (κ3) is 6.77. The van der Waals surface area contributed by atoms with Crippen LogP contribution in [0, 0.1) is 0 Å². The minimum Gasteiger partial charge on any atom is -0.458 e. The van der Waals surface area contributed by atoms with Crippen LogP contribution in [0.5, 0.6) is 5.75 Å². The summed E-state index contributed by atoms with van der Waals surface area (Å²) in [4.78, 5) is 15.0. The van der Waals surface area contributed by atoms with Crippen molar-refractivity contribution in [1.82, 2.24) is 0 Å². The van der Waals surface area contributed by atoms with Crippen LogP contribution in [0.4, 0.5) is 0 Å². The van der Waals surface area contributed by atoms with Crippen molar-refractivity contribution in [2.24, 2.45) is 15.0 Å². The third-order valence-electron chi connectivity index (χ3n) is 10.8. The zero-order valence-corrected chi connectivity index (χ0v) is 32.1. The van der Waals surface area contributed by atoms with Crippen LogP contribution < -0.4 is 4.74 Å². The normalized spacial score (nSPS) is 14.5. The van der Waals surface area contributed by atoms with Crippen molar-refractivity contribution in [3.8, 4) is 28.0 Å². The third-order valence-corrected chi connectivity index (χ3v) is 10.8. The van der Waals surface area contributed by atoms with Crippen molar-refractivity contribution in [1.29, 1.82) is 0 Å². The lowest BCUT2D eigenvalue weighted by molar-refractivity contribution is 0.443. The fourth-order valence-corrected chi connectivity index (χ4v) is 7.89. The van der Waals surface area contributed by atoms with E-state index in [4.69, 9.17) is 23.6 Å². The maximum Gasteiger partial charge on any atom is 0.161 e. The molecule has 0 bridgehead atoms. The fraction of sp³-hybridized carbons (Fsp3) is 0.0377. The number of hydrogen-bond donors (Lipinski definition) is 0. The smallest absolute Gasteiger partial charge is 0.161 e. The van der Waals surface area contributed by atoms with Gasteiger partial charge in [0.1, 0.15) is 33.8 Å². The van der Waals surface area contributed by atoms with Gasteiger partial charge in [-0.15, -0.1) is 0 Å². The standard InChI is InChI=1S/C53H37N3O3/c1-34-14-5-3-8-17-40-39(20-13-23-46(40)57-34)43-30-31-45(50-44-19-10-12-22-48(44)59-51(43)50)53(54-2)56-52(38-28-29-42-41-18-9-11-21-47(41)58-49(42)32-38)55-33-35-24-26-37(27-25-35)36-15-6-4-7-16-36/h3-16,18-32H,1-2,17,33H2/b8-3-,14-5-,55-52?,56-53?. The predicted molar refractivity (Wildman–Crippen MR) is 243 cm³/mol. The second-order valence-electron chi connectivity index (χ2n) is 14.4. The first-order chi connectivity index (χ1) is 29.1. The Kier molecular flexibility index (Phi) is 9.20. The number of furan rings is 2. The Morgan fingerprint density at radius 2 is 1.36 bits per heavy atom. The molecule has 6 nitrogen and oxygen atoms in total. The molecule has 9 aromatic rings. The maximum atomic E-state index is 6.73. The van der Waals surface area contributed by atoms with Crippen LogP contribution >= 0.6 is 0 Å². The van der Waals surface area contributed by atoms with Crippen molar-refractivity contribution in [3.05, 3.63) is 211 Å². The van der Waals surface area contributed by atoms with Gasteiger partial charge in [0, 0.05) is 43.8 Å². The molecule has 1 aliphatic rings. The molecule has 10 rings (SSSR count). The van der Waals surface area contributed by atoms with Gasteiger partial charge < -0.3 is 13.6 Å². The Morgan fingerprint density at radius 3 is 2.19 bits per heavy atom. The molecule has 0 fully saturated rings. The van der Waals surface area contributed by atoms with Crippen LogP contribution in [0.3, 0.4) is 0 Å². The summed E-state index contributed by atoms with van der Waals surface area (Å²) in [5, 5.41) is 3.92. The molecule has 3 heterocycles. The van der Waals surface area contributed by atoms with E-state index in [1.165, 1.54) is 5.56 Å². The number of rotatable bonds is 6. The van der Waals surface area contributed by atoms with E-state index in [1.807, 2.05) is 85.0 Å². The number of nitrogens with zero attached hydrogens (tertiary/aromatic N) is 3. The fourth-order valence-electron chi connectivity index (χ4n) is 7.89. The van der Waals surface area contributed by atoms with E-state index in [0.29, 0.717) is 30.4 Å². The van der Waals surface area contributed by atoms with Gasteiger partial charge in [0.25, 0.3) is 0 Å². The molecule has 0 aliphatic carbocycles. The number of benzene rings is 7. The number of amidine groups is 2. The average Bonchev–Trinajstić information content (AvgIpc) is 3.88.